The first-order valence-electron chi connectivity index (χ1n) is 7.80. The minimum Gasteiger partial charge on any atom is -0.490 e. The number of hydrogen-bond acceptors (Lipinski definition) is 5. The van der Waals surface area contributed by atoms with Gasteiger partial charge >= 0.3 is 6.09 Å². The minimum atomic E-state index is -0.479. The number of carbonyl (C=O) groups excluding carboxylic acids is 1. The minimum absolute atomic E-state index is 0.0297. The average molecular weight is 317 g/mol. The number of likely N-dealkylation sites (tertiary alicyclic amines) is 1. The first kappa shape index (κ1) is 17.1. The van der Waals surface area contributed by atoms with Crippen molar-refractivity contribution in [2.75, 3.05) is 13.1 Å². The first-order valence-corrected chi connectivity index (χ1v) is 7.80. The van der Waals surface area contributed by atoms with Crippen molar-refractivity contribution in [3.8, 4) is 11.8 Å². The molecule has 6 nitrogen and oxygen atoms in total. The standard InChI is InChI=1S/C17H23N3O3/c1-12-9-15(10-13(11-18)19-12)22-14-5-7-20(8-6-14)16(21)23-17(2,3)4/h9-10,14H,5-8H2,1-4H3. The van der Waals surface area contributed by atoms with E-state index in [1.54, 1.807) is 11.0 Å². The molecule has 1 amide bonds. The van der Waals surface area contributed by atoms with Crippen LogP contribution in [0.3, 0.4) is 0 Å². The number of nitrogens with zero attached hydrogens (tertiary/aromatic N) is 3. The van der Waals surface area contributed by atoms with Crippen molar-refractivity contribution in [3.63, 3.8) is 0 Å². The lowest BCUT2D eigenvalue weighted by Crippen LogP contribution is -2.44. The second-order valence-corrected chi connectivity index (χ2v) is 6.73. The van der Waals surface area contributed by atoms with Gasteiger partial charge in [0, 0.05) is 43.8 Å². The third-order valence-electron chi connectivity index (χ3n) is 3.44. The van der Waals surface area contributed by atoms with Crippen LogP contribution < -0.4 is 4.74 Å². The third-order valence-corrected chi connectivity index (χ3v) is 3.44. The number of rotatable bonds is 2. The van der Waals surface area contributed by atoms with Crippen LogP contribution in [-0.4, -0.2) is 40.8 Å². The van der Waals surface area contributed by atoms with Gasteiger partial charge in [-0.05, 0) is 27.7 Å². The van der Waals surface area contributed by atoms with Gasteiger partial charge < -0.3 is 14.4 Å². The van der Waals surface area contributed by atoms with Crippen LogP contribution in [0, 0.1) is 18.3 Å². The summed E-state index contributed by atoms with van der Waals surface area (Å²) >= 11 is 0. The zero-order valence-electron chi connectivity index (χ0n) is 14.1. The summed E-state index contributed by atoms with van der Waals surface area (Å²) in [5.41, 5.74) is 0.628. The van der Waals surface area contributed by atoms with Crippen LogP contribution in [0.1, 0.15) is 45.0 Å². The van der Waals surface area contributed by atoms with E-state index in [2.05, 4.69) is 4.98 Å². The normalized spacial score (nSPS) is 15.9. The average Bonchev–Trinajstić information content (AvgIpc) is 2.45. The highest BCUT2D eigenvalue weighted by atomic mass is 16.6. The van der Waals surface area contributed by atoms with Crippen molar-refractivity contribution in [1.29, 1.82) is 5.26 Å². The lowest BCUT2D eigenvalue weighted by atomic mass is 10.1. The fourth-order valence-corrected chi connectivity index (χ4v) is 2.44. The first-order chi connectivity index (χ1) is 10.8. The van der Waals surface area contributed by atoms with Gasteiger partial charge in [0.1, 0.15) is 29.2 Å². The van der Waals surface area contributed by atoms with Gasteiger partial charge in [-0.2, -0.15) is 5.26 Å². The Balaban J connectivity index is 1.89. The summed E-state index contributed by atoms with van der Waals surface area (Å²) in [6.07, 6.45) is 1.23. The molecule has 0 unspecified atom stereocenters. The quantitative estimate of drug-likeness (QED) is 0.838. The molecule has 1 aromatic heterocycles. The van der Waals surface area contributed by atoms with Gasteiger partial charge in [0.2, 0.25) is 0 Å². The van der Waals surface area contributed by atoms with Crippen molar-refractivity contribution < 1.29 is 14.3 Å². The summed E-state index contributed by atoms with van der Waals surface area (Å²) in [6, 6.07) is 5.50. The molecule has 2 heterocycles. The van der Waals surface area contributed by atoms with Crippen molar-refractivity contribution in [2.24, 2.45) is 0 Å². The van der Waals surface area contributed by atoms with Gasteiger partial charge in [0.25, 0.3) is 0 Å². The summed E-state index contributed by atoms with van der Waals surface area (Å²) < 4.78 is 11.3. The van der Waals surface area contributed by atoms with Crippen LogP contribution in [0.2, 0.25) is 0 Å². The van der Waals surface area contributed by atoms with Gasteiger partial charge in [-0.1, -0.05) is 0 Å². The summed E-state index contributed by atoms with van der Waals surface area (Å²) in [4.78, 5) is 17.8. The van der Waals surface area contributed by atoms with E-state index >= 15 is 0 Å². The molecule has 0 radical (unpaired) electrons. The molecule has 0 atom stereocenters. The summed E-state index contributed by atoms with van der Waals surface area (Å²) in [5, 5.41) is 8.95. The van der Waals surface area contributed by atoms with Gasteiger partial charge in [-0.15, -0.1) is 0 Å². The Morgan fingerprint density at radius 2 is 2.00 bits per heavy atom. The number of aryl methyl sites for hydroxylation is 1. The van der Waals surface area contributed by atoms with Gasteiger partial charge in [-0.3, -0.25) is 0 Å². The summed E-state index contributed by atoms with van der Waals surface area (Å²) in [5.74, 6) is 0.657. The third kappa shape index (κ3) is 5.13. The number of hydrogen-bond donors (Lipinski definition) is 0. The van der Waals surface area contributed by atoms with Crippen LogP contribution >= 0.6 is 0 Å². The molecule has 124 valence electrons. The van der Waals surface area contributed by atoms with Gasteiger partial charge in [-0.25, -0.2) is 9.78 Å². The molecular formula is C17H23N3O3. The molecule has 6 heteroatoms. The molecule has 23 heavy (non-hydrogen) atoms. The van der Waals surface area contributed by atoms with E-state index in [1.807, 2.05) is 39.8 Å². The molecule has 0 spiro atoms. The van der Waals surface area contributed by atoms with Crippen molar-refractivity contribution >= 4 is 6.09 Å². The number of carbonyl (C=O) groups is 1. The van der Waals surface area contributed by atoms with Gasteiger partial charge in [0.05, 0.1) is 0 Å². The SMILES string of the molecule is Cc1cc(OC2CCN(C(=O)OC(C)(C)C)CC2)cc(C#N)n1. The number of pyridine rings is 1. The van der Waals surface area contributed by atoms with Crippen molar-refractivity contribution in [1.82, 2.24) is 9.88 Å². The molecule has 1 aliphatic rings. The number of ether oxygens (including phenoxy) is 2. The number of aromatic nitrogens is 1. The van der Waals surface area contributed by atoms with E-state index in [0.29, 0.717) is 24.5 Å². The largest absolute Gasteiger partial charge is 0.490 e. The van der Waals surface area contributed by atoms with E-state index in [-0.39, 0.29) is 12.2 Å². The van der Waals surface area contributed by atoms with Crippen LogP contribution in [-0.2, 0) is 4.74 Å². The Bertz CT molecular complexity index is 608. The van der Waals surface area contributed by atoms with Crippen LogP contribution in [0.4, 0.5) is 4.79 Å². The Labute approximate surface area is 137 Å². The lowest BCUT2D eigenvalue weighted by molar-refractivity contribution is 0.0126. The Morgan fingerprint density at radius 3 is 2.57 bits per heavy atom. The molecule has 1 fully saturated rings. The topological polar surface area (TPSA) is 75.4 Å². The maximum absolute atomic E-state index is 12.0. The number of amides is 1. The molecule has 0 bridgehead atoms. The second kappa shape index (κ2) is 6.86. The summed E-state index contributed by atoms with van der Waals surface area (Å²) in [6.45, 7) is 8.63. The highest BCUT2D eigenvalue weighted by molar-refractivity contribution is 5.68. The van der Waals surface area contributed by atoms with Crippen LogP contribution in [0.5, 0.6) is 5.75 Å². The molecular weight excluding hydrogens is 294 g/mol. The van der Waals surface area contributed by atoms with Crippen LogP contribution in [0.15, 0.2) is 12.1 Å². The molecule has 0 aromatic carbocycles. The molecule has 1 aromatic rings. The van der Waals surface area contributed by atoms with E-state index in [4.69, 9.17) is 14.7 Å². The van der Waals surface area contributed by atoms with E-state index < -0.39 is 5.60 Å². The second-order valence-electron chi connectivity index (χ2n) is 6.73. The molecule has 1 saturated heterocycles. The van der Waals surface area contributed by atoms with Crippen LogP contribution in [0.25, 0.3) is 0 Å². The van der Waals surface area contributed by atoms with E-state index in [9.17, 15) is 4.79 Å². The summed E-state index contributed by atoms with van der Waals surface area (Å²) in [7, 11) is 0. The van der Waals surface area contributed by atoms with E-state index in [0.717, 1.165) is 18.5 Å². The maximum Gasteiger partial charge on any atom is 0.410 e. The monoisotopic (exact) mass is 317 g/mol. The molecule has 0 aliphatic carbocycles. The molecule has 0 N–H and O–H groups in total. The maximum atomic E-state index is 12.0. The fraction of sp³-hybridized carbons (Fsp3) is 0.588. The lowest BCUT2D eigenvalue weighted by Gasteiger charge is -2.33. The predicted octanol–water partition coefficient (Wildman–Crippen LogP) is 3.04. The zero-order chi connectivity index (χ0) is 17.0. The van der Waals surface area contributed by atoms with Crippen molar-refractivity contribution in [3.05, 3.63) is 23.5 Å². The zero-order valence-corrected chi connectivity index (χ0v) is 14.1. The highest BCUT2D eigenvalue weighted by Gasteiger charge is 2.27. The van der Waals surface area contributed by atoms with Gasteiger partial charge in [0.15, 0.2) is 0 Å². The Hall–Kier alpha value is -2.29. The predicted molar refractivity (Wildman–Crippen MR) is 85.1 cm³/mol. The number of piperidine rings is 1. The highest BCUT2D eigenvalue weighted by Crippen LogP contribution is 2.21. The fourth-order valence-electron chi connectivity index (χ4n) is 2.44. The molecule has 1 aliphatic heterocycles. The Morgan fingerprint density at radius 1 is 1.35 bits per heavy atom. The number of nitriles is 1. The van der Waals surface area contributed by atoms with E-state index in [1.165, 1.54) is 0 Å². The van der Waals surface area contributed by atoms with Crippen molar-refractivity contribution in [2.45, 2.75) is 52.2 Å². The smallest absolute Gasteiger partial charge is 0.410 e. The molecule has 2 rings (SSSR count). The molecule has 0 saturated carbocycles. The Kier molecular flexibility index (Phi) is 5.09.